The fraction of sp³-hybridized carbons (Fsp3) is 0.421. The zero-order valence-electron chi connectivity index (χ0n) is 14.0. The molecule has 0 heterocycles. The molecule has 0 aliphatic heterocycles. The van der Waals surface area contributed by atoms with E-state index < -0.39 is 6.10 Å². The molecule has 1 amide bonds. The molecule has 0 aliphatic carbocycles. The predicted octanol–water partition coefficient (Wildman–Crippen LogP) is 3.46. The fourth-order valence-electron chi connectivity index (χ4n) is 2.40. The Morgan fingerprint density at radius 1 is 1.09 bits per heavy atom. The van der Waals surface area contributed by atoms with Crippen LogP contribution in [0.3, 0.4) is 0 Å². The summed E-state index contributed by atoms with van der Waals surface area (Å²) in [5.41, 5.74) is 1.08. The molecule has 0 bridgehead atoms. The van der Waals surface area contributed by atoms with E-state index in [1.54, 1.807) is 6.92 Å². The van der Waals surface area contributed by atoms with E-state index in [2.05, 4.69) is 29.6 Å². The summed E-state index contributed by atoms with van der Waals surface area (Å²) in [5, 5.41) is 5.37. The molecule has 4 nitrogen and oxygen atoms in total. The van der Waals surface area contributed by atoms with Crippen molar-refractivity contribution in [3.8, 4) is 0 Å². The standard InChI is InChI=1S/C19H25NO3/c1-4-22-11-12-23-15(3)19(21)20-14(2)17-10-9-16-7-5-6-8-18(16)13-17/h5-10,13-15H,4,11-12H2,1-3H3,(H,20,21)/t14-,15-/m0/s1. The third-order valence-corrected chi connectivity index (χ3v) is 3.80. The van der Waals surface area contributed by atoms with Gasteiger partial charge in [-0.05, 0) is 43.2 Å². The summed E-state index contributed by atoms with van der Waals surface area (Å²) in [6, 6.07) is 14.4. The van der Waals surface area contributed by atoms with Crippen LogP contribution in [0.15, 0.2) is 42.5 Å². The number of amides is 1. The second kappa shape index (κ2) is 8.65. The Labute approximate surface area is 137 Å². The van der Waals surface area contributed by atoms with Gasteiger partial charge in [-0.1, -0.05) is 36.4 Å². The summed E-state index contributed by atoms with van der Waals surface area (Å²) >= 11 is 0. The van der Waals surface area contributed by atoms with Gasteiger partial charge in [0.25, 0.3) is 0 Å². The van der Waals surface area contributed by atoms with Crippen LogP contribution in [0, 0.1) is 0 Å². The lowest BCUT2D eigenvalue weighted by Crippen LogP contribution is -2.36. The van der Waals surface area contributed by atoms with E-state index in [0.717, 1.165) is 5.56 Å². The van der Waals surface area contributed by atoms with E-state index in [0.29, 0.717) is 19.8 Å². The second-order valence-corrected chi connectivity index (χ2v) is 5.55. The molecule has 0 fully saturated rings. The molecule has 2 rings (SSSR count). The van der Waals surface area contributed by atoms with Crippen LogP contribution in [0.25, 0.3) is 10.8 Å². The van der Waals surface area contributed by atoms with Crippen molar-refractivity contribution in [2.75, 3.05) is 19.8 Å². The highest BCUT2D eigenvalue weighted by Gasteiger charge is 2.16. The highest BCUT2D eigenvalue weighted by molar-refractivity contribution is 5.84. The summed E-state index contributed by atoms with van der Waals surface area (Å²) in [6.45, 7) is 7.26. The van der Waals surface area contributed by atoms with Gasteiger partial charge in [-0.2, -0.15) is 0 Å². The van der Waals surface area contributed by atoms with Crippen LogP contribution in [-0.2, 0) is 14.3 Å². The first-order valence-corrected chi connectivity index (χ1v) is 8.10. The van der Waals surface area contributed by atoms with E-state index in [1.165, 1.54) is 10.8 Å². The summed E-state index contributed by atoms with van der Waals surface area (Å²) in [4.78, 5) is 12.2. The minimum absolute atomic E-state index is 0.0648. The van der Waals surface area contributed by atoms with E-state index in [9.17, 15) is 4.79 Å². The van der Waals surface area contributed by atoms with Gasteiger partial charge in [-0.25, -0.2) is 0 Å². The van der Waals surface area contributed by atoms with Gasteiger partial charge in [0, 0.05) is 6.61 Å². The quantitative estimate of drug-likeness (QED) is 0.759. The maximum absolute atomic E-state index is 12.2. The van der Waals surface area contributed by atoms with Gasteiger partial charge in [-0.3, -0.25) is 4.79 Å². The van der Waals surface area contributed by atoms with Crippen LogP contribution in [0.1, 0.15) is 32.4 Å². The number of nitrogens with one attached hydrogen (secondary N) is 1. The molecule has 0 spiro atoms. The highest BCUT2D eigenvalue weighted by Crippen LogP contribution is 2.20. The number of hydrogen-bond acceptors (Lipinski definition) is 3. The second-order valence-electron chi connectivity index (χ2n) is 5.55. The van der Waals surface area contributed by atoms with Gasteiger partial charge in [-0.15, -0.1) is 0 Å². The lowest BCUT2D eigenvalue weighted by atomic mass is 10.0. The Kier molecular flexibility index (Phi) is 6.56. The van der Waals surface area contributed by atoms with Crippen LogP contribution in [0.4, 0.5) is 0 Å². The van der Waals surface area contributed by atoms with Gasteiger partial charge >= 0.3 is 0 Å². The van der Waals surface area contributed by atoms with Gasteiger partial charge < -0.3 is 14.8 Å². The van der Waals surface area contributed by atoms with Crippen LogP contribution >= 0.6 is 0 Å². The fourth-order valence-corrected chi connectivity index (χ4v) is 2.40. The van der Waals surface area contributed by atoms with Crippen molar-refractivity contribution in [3.05, 3.63) is 48.0 Å². The third kappa shape index (κ3) is 5.05. The SMILES string of the molecule is CCOCCO[C@@H](C)C(=O)N[C@@H](C)c1ccc2ccccc2c1. The Hall–Kier alpha value is -1.91. The molecule has 0 aliphatic rings. The van der Waals surface area contributed by atoms with Gasteiger partial charge in [0.15, 0.2) is 0 Å². The van der Waals surface area contributed by atoms with Gasteiger partial charge in [0.2, 0.25) is 5.91 Å². The third-order valence-electron chi connectivity index (χ3n) is 3.80. The largest absolute Gasteiger partial charge is 0.379 e. The first-order valence-electron chi connectivity index (χ1n) is 8.10. The normalized spacial score (nSPS) is 13.7. The Morgan fingerprint density at radius 3 is 2.57 bits per heavy atom. The maximum Gasteiger partial charge on any atom is 0.249 e. The van der Waals surface area contributed by atoms with E-state index in [-0.39, 0.29) is 11.9 Å². The number of carbonyl (C=O) groups is 1. The molecule has 2 atom stereocenters. The minimum Gasteiger partial charge on any atom is -0.379 e. The number of fused-ring (bicyclic) bond motifs is 1. The highest BCUT2D eigenvalue weighted by atomic mass is 16.5. The molecular weight excluding hydrogens is 290 g/mol. The summed E-state index contributed by atoms with van der Waals surface area (Å²) in [6.07, 6.45) is -0.488. The van der Waals surface area contributed by atoms with Crippen LogP contribution in [0.2, 0.25) is 0 Å². The Bertz CT molecular complexity index is 641. The maximum atomic E-state index is 12.2. The van der Waals surface area contributed by atoms with Crippen molar-refractivity contribution in [1.82, 2.24) is 5.32 Å². The zero-order valence-corrected chi connectivity index (χ0v) is 14.0. The monoisotopic (exact) mass is 315 g/mol. The van der Waals surface area contributed by atoms with Gasteiger partial charge in [0.05, 0.1) is 19.3 Å². The average molecular weight is 315 g/mol. The minimum atomic E-state index is -0.488. The number of rotatable bonds is 8. The van der Waals surface area contributed by atoms with Crippen LogP contribution < -0.4 is 5.32 Å². The number of ether oxygens (including phenoxy) is 2. The van der Waals surface area contributed by atoms with Crippen molar-refractivity contribution >= 4 is 16.7 Å². The molecule has 0 saturated heterocycles. The summed E-state index contributed by atoms with van der Waals surface area (Å²) in [7, 11) is 0. The summed E-state index contributed by atoms with van der Waals surface area (Å²) in [5.74, 6) is -0.109. The molecule has 0 aromatic heterocycles. The van der Waals surface area contributed by atoms with Crippen molar-refractivity contribution in [3.63, 3.8) is 0 Å². The van der Waals surface area contributed by atoms with Crippen molar-refractivity contribution in [1.29, 1.82) is 0 Å². The molecule has 0 radical (unpaired) electrons. The van der Waals surface area contributed by atoms with Crippen LogP contribution in [-0.4, -0.2) is 31.8 Å². The van der Waals surface area contributed by atoms with E-state index >= 15 is 0 Å². The molecule has 23 heavy (non-hydrogen) atoms. The first-order chi connectivity index (χ1) is 11.1. The average Bonchev–Trinajstić information content (AvgIpc) is 2.58. The molecular formula is C19H25NO3. The smallest absolute Gasteiger partial charge is 0.249 e. The van der Waals surface area contributed by atoms with E-state index in [1.807, 2.05) is 32.0 Å². The lowest BCUT2D eigenvalue weighted by molar-refractivity contribution is -0.133. The number of hydrogen-bond donors (Lipinski definition) is 1. The predicted molar refractivity (Wildman–Crippen MR) is 92.4 cm³/mol. The Balaban J connectivity index is 1.91. The molecule has 2 aromatic carbocycles. The van der Waals surface area contributed by atoms with Crippen molar-refractivity contribution < 1.29 is 14.3 Å². The van der Waals surface area contributed by atoms with E-state index in [4.69, 9.17) is 9.47 Å². The van der Waals surface area contributed by atoms with Crippen molar-refractivity contribution in [2.24, 2.45) is 0 Å². The van der Waals surface area contributed by atoms with Gasteiger partial charge in [0.1, 0.15) is 6.10 Å². The first kappa shape index (κ1) is 17.4. The molecule has 2 aromatic rings. The molecule has 0 saturated carbocycles. The van der Waals surface area contributed by atoms with Crippen LogP contribution in [0.5, 0.6) is 0 Å². The molecule has 124 valence electrons. The molecule has 1 N–H and O–H groups in total. The Morgan fingerprint density at radius 2 is 1.83 bits per heavy atom. The topological polar surface area (TPSA) is 47.6 Å². The zero-order chi connectivity index (χ0) is 16.7. The molecule has 4 heteroatoms. The van der Waals surface area contributed by atoms with Crippen molar-refractivity contribution in [2.45, 2.75) is 32.9 Å². The number of benzene rings is 2. The summed E-state index contributed by atoms with van der Waals surface area (Å²) < 4.78 is 10.7. The molecule has 0 unspecified atom stereocenters. The number of carbonyl (C=O) groups excluding carboxylic acids is 1. The lowest BCUT2D eigenvalue weighted by Gasteiger charge is -2.18.